The maximum atomic E-state index is 13.2. The van der Waals surface area contributed by atoms with Crippen molar-refractivity contribution in [1.29, 1.82) is 0 Å². The predicted molar refractivity (Wildman–Crippen MR) is 70.2 cm³/mol. The lowest BCUT2D eigenvalue weighted by atomic mass is 10.0. The number of anilines is 1. The summed E-state index contributed by atoms with van der Waals surface area (Å²) in [7, 11) is 0. The summed E-state index contributed by atoms with van der Waals surface area (Å²) in [6.45, 7) is 0. The van der Waals surface area contributed by atoms with Crippen molar-refractivity contribution in [3.8, 4) is 0 Å². The van der Waals surface area contributed by atoms with E-state index in [1.54, 1.807) is 0 Å². The van der Waals surface area contributed by atoms with Crippen LogP contribution in [0.25, 0.3) is 0 Å². The SMILES string of the molecule is O=C(O)C1CCC(C(=O)Nc2ccc(F)c([N+](=O)[O-])c2)C1. The molecule has 2 atom stereocenters. The van der Waals surface area contributed by atoms with E-state index < -0.39 is 40.1 Å². The zero-order chi connectivity index (χ0) is 15.6. The Morgan fingerprint density at radius 2 is 2.00 bits per heavy atom. The maximum Gasteiger partial charge on any atom is 0.306 e. The standard InChI is InChI=1S/C13H13FN2O5/c14-10-4-3-9(6-11(10)16(20)21)15-12(17)7-1-2-8(5-7)13(18)19/h3-4,6-8H,1-2,5H2,(H,15,17)(H,18,19). The smallest absolute Gasteiger partial charge is 0.306 e. The molecule has 0 saturated heterocycles. The fourth-order valence-electron chi connectivity index (χ4n) is 2.42. The molecule has 0 aromatic heterocycles. The Labute approximate surface area is 118 Å². The number of carbonyl (C=O) groups is 2. The van der Waals surface area contributed by atoms with Crippen molar-refractivity contribution in [1.82, 2.24) is 0 Å². The number of hydrogen-bond acceptors (Lipinski definition) is 4. The fraction of sp³-hybridized carbons (Fsp3) is 0.385. The second kappa shape index (κ2) is 5.86. The molecule has 112 valence electrons. The van der Waals surface area contributed by atoms with Crippen LogP contribution in [-0.2, 0) is 9.59 Å². The number of nitro benzene ring substituents is 1. The number of aliphatic carboxylic acids is 1. The van der Waals surface area contributed by atoms with Crippen LogP contribution in [0.2, 0.25) is 0 Å². The van der Waals surface area contributed by atoms with E-state index in [1.807, 2.05) is 0 Å². The lowest BCUT2D eigenvalue weighted by Gasteiger charge is -2.10. The Kier molecular flexibility index (Phi) is 4.15. The lowest BCUT2D eigenvalue weighted by Crippen LogP contribution is -2.21. The first-order valence-corrected chi connectivity index (χ1v) is 6.36. The summed E-state index contributed by atoms with van der Waals surface area (Å²) < 4.78 is 13.2. The van der Waals surface area contributed by atoms with Crippen LogP contribution in [0.1, 0.15) is 19.3 Å². The van der Waals surface area contributed by atoms with Crippen LogP contribution in [0.3, 0.4) is 0 Å². The van der Waals surface area contributed by atoms with E-state index in [2.05, 4.69) is 5.32 Å². The van der Waals surface area contributed by atoms with Gasteiger partial charge in [-0.15, -0.1) is 0 Å². The molecule has 1 aromatic carbocycles. The van der Waals surface area contributed by atoms with Gasteiger partial charge in [0.15, 0.2) is 0 Å². The zero-order valence-corrected chi connectivity index (χ0v) is 10.9. The van der Waals surface area contributed by atoms with E-state index in [0.717, 1.165) is 12.1 Å². The number of nitrogens with one attached hydrogen (secondary N) is 1. The van der Waals surface area contributed by atoms with Crippen LogP contribution >= 0.6 is 0 Å². The van der Waals surface area contributed by atoms with Crippen molar-refractivity contribution < 1.29 is 24.0 Å². The van der Waals surface area contributed by atoms with Crippen LogP contribution in [0.15, 0.2) is 18.2 Å². The van der Waals surface area contributed by atoms with Gasteiger partial charge >= 0.3 is 11.7 Å². The van der Waals surface area contributed by atoms with Crippen molar-refractivity contribution in [3.05, 3.63) is 34.1 Å². The molecule has 1 aromatic rings. The quantitative estimate of drug-likeness (QED) is 0.653. The summed E-state index contributed by atoms with van der Waals surface area (Å²) in [5.74, 6) is -3.30. The van der Waals surface area contributed by atoms with Crippen molar-refractivity contribution in [2.75, 3.05) is 5.32 Å². The number of carboxylic acids is 1. The number of rotatable bonds is 4. The lowest BCUT2D eigenvalue weighted by molar-refractivity contribution is -0.387. The third-order valence-corrected chi connectivity index (χ3v) is 3.56. The number of benzene rings is 1. The average molecular weight is 296 g/mol. The number of nitro groups is 1. The van der Waals surface area contributed by atoms with Gasteiger partial charge in [0.25, 0.3) is 0 Å². The summed E-state index contributed by atoms with van der Waals surface area (Å²) >= 11 is 0. The molecular formula is C13H13FN2O5. The minimum Gasteiger partial charge on any atom is -0.481 e. The summed E-state index contributed by atoms with van der Waals surface area (Å²) in [4.78, 5) is 32.6. The molecule has 21 heavy (non-hydrogen) atoms. The molecule has 0 bridgehead atoms. The fourth-order valence-corrected chi connectivity index (χ4v) is 2.42. The number of carbonyl (C=O) groups excluding carboxylic acids is 1. The monoisotopic (exact) mass is 296 g/mol. The molecule has 0 radical (unpaired) electrons. The van der Waals surface area contributed by atoms with Crippen molar-refractivity contribution in [3.63, 3.8) is 0 Å². The van der Waals surface area contributed by atoms with E-state index in [-0.39, 0.29) is 12.1 Å². The third kappa shape index (κ3) is 3.33. The second-order valence-corrected chi connectivity index (χ2v) is 4.96. The molecule has 1 fully saturated rings. The summed E-state index contributed by atoms with van der Waals surface area (Å²) in [5.41, 5.74) is -0.602. The molecule has 1 amide bonds. The number of carboxylic acid groups (broad SMARTS) is 1. The number of halogens is 1. The van der Waals surface area contributed by atoms with Gasteiger partial charge < -0.3 is 10.4 Å². The van der Waals surface area contributed by atoms with Crippen LogP contribution in [0.5, 0.6) is 0 Å². The first-order chi connectivity index (χ1) is 9.88. The van der Waals surface area contributed by atoms with Gasteiger partial charge in [0.1, 0.15) is 0 Å². The van der Waals surface area contributed by atoms with Crippen molar-refractivity contribution >= 4 is 23.3 Å². The van der Waals surface area contributed by atoms with E-state index in [0.29, 0.717) is 12.8 Å². The van der Waals surface area contributed by atoms with Crippen molar-refractivity contribution in [2.24, 2.45) is 11.8 Å². The molecule has 1 aliphatic carbocycles. The minimum absolute atomic E-state index is 0.117. The largest absolute Gasteiger partial charge is 0.481 e. The Balaban J connectivity index is 2.05. The van der Waals surface area contributed by atoms with E-state index in [4.69, 9.17) is 5.11 Å². The molecule has 2 rings (SSSR count). The minimum atomic E-state index is -0.982. The van der Waals surface area contributed by atoms with E-state index in [9.17, 15) is 24.1 Å². The van der Waals surface area contributed by atoms with E-state index in [1.165, 1.54) is 6.07 Å². The molecule has 0 spiro atoms. The summed E-state index contributed by atoms with van der Waals surface area (Å²) in [6, 6.07) is 3.07. The Hall–Kier alpha value is -2.51. The molecule has 0 heterocycles. The van der Waals surface area contributed by atoms with Crippen LogP contribution in [-0.4, -0.2) is 21.9 Å². The van der Waals surface area contributed by atoms with Gasteiger partial charge in [0, 0.05) is 17.7 Å². The number of amides is 1. The topological polar surface area (TPSA) is 110 Å². The first kappa shape index (κ1) is 14.9. The molecule has 2 N–H and O–H groups in total. The van der Waals surface area contributed by atoms with Crippen molar-refractivity contribution in [2.45, 2.75) is 19.3 Å². The molecular weight excluding hydrogens is 283 g/mol. The highest BCUT2D eigenvalue weighted by atomic mass is 19.1. The third-order valence-electron chi connectivity index (χ3n) is 3.56. The molecule has 1 saturated carbocycles. The normalized spacial score (nSPS) is 21.0. The molecule has 0 aliphatic heterocycles. The van der Waals surface area contributed by atoms with Crippen LogP contribution in [0, 0.1) is 27.8 Å². The van der Waals surface area contributed by atoms with Crippen LogP contribution < -0.4 is 5.32 Å². The molecule has 1 aliphatic rings. The molecule has 8 heteroatoms. The molecule has 2 unspecified atom stereocenters. The van der Waals surface area contributed by atoms with Crippen LogP contribution in [0.4, 0.5) is 15.8 Å². The highest BCUT2D eigenvalue weighted by Gasteiger charge is 2.34. The highest BCUT2D eigenvalue weighted by Crippen LogP contribution is 2.32. The average Bonchev–Trinajstić information content (AvgIpc) is 2.90. The number of hydrogen-bond donors (Lipinski definition) is 2. The summed E-state index contributed by atoms with van der Waals surface area (Å²) in [5, 5.41) is 22.0. The Bertz CT molecular complexity index is 604. The van der Waals surface area contributed by atoms with Gasteiger partial charge in [-0.1, -0.05) is 0 Å². The predicted octanol–water partition coefficient (Wildman–Crippen LogP) is 2.17. The van der Waals surface area contributed by atoms with E-state index >= 15 is 0 Å². The Morgan fingerprint density at radius 1 is 1.33 bits per heavy atom. The first-order valence-electron chi connectivity index (χ1n) is 6.36. The summed E-state index contributed by atoms with van der Waals surface area (Å²) in [6.07, 6.45) is 1.12. The molecule has 7 nitrogen and oxygen atoms in total. The van der Waals surface area contributed by atoms with Gasteiger partial charge in [0.2, 0.25) is 11.7 Å². The van der Waals surface area contributed by atoms with Gasteiger partial charge in [-0.3, -0.25) is 19.7 Å². The number of nitrogens with zero attached hydrogens (tertiary/aromatic N) is 1. The zero-order valence-electron chi connectivity index (χ0n) is 10.9. The highest BCUT2D eigenvalue weighted by molar-refractivity contribution is 5.93. The van der Waals surface area contributed by atoms with Gasteiger partial charge in [0.05, 0.1) is 10.8 Å². The second-order valence-electron chi connectivity index (χ2n) is 4.96. The van der Waals surface area contributed by atoms with Gasteiger partial charge in [-0.2, -0.15) is 4.39 Å². The van der Waals surface area contributed by atoms with Gasteiger partial charge in [-0.05, 0) is 31.4 Å². The maximum absolute atomic E-state index is 13.2. The Morgan fingerprint density at radius 3 is 2.57 bits per heavy atom. The van der Waals surface area contributed by atoms with Gasteiger partial charge in [-0.25, -0.2) is 0 Å².